The van der Waals surface area contributed by atoms with E-state index in [0.717, 1.165) is 30.6 Å². The molecule has 0 radical (unpaired) electrons. The number of carbonyl (C=O) groups excluding carboxylic acids is 1. The van der Waals surface area contributed by atoms with Crippen molar-refractivity contribution in [3.8, 4) is 5.75 Å². The van der Waals surface area contributed by atoms with Gasteiger partial charge in [-0.2, -0.15) is 0 Å². The van der Waals surface area contributed by atoms with Gasteiger partial charge in [-0.1, -0.05) is 6.07 Å². The van der Waals surface area contributed by atoms with Gasteiger partial charge in [0, 0.05) is 12.0 Å². The highest BCUT2D eigenvalue weighted by molar-refractivity contribution is 5.81. The first-order valence-electron chi connectivity index (χ1n) is 6.76. The number of benzene rings is 1. The highest BCUT2D eigenvalue weighted by Gasteiger charge is 2.25. The Morgan fingerprint density at radius 3 is 2.95 bits per heavy atom. The molecule has 0 saturated carbocycles. The zero-order chi connectivity index (χ0) is 14.5. The second-order valence-corrected chi connectivity index (χ2v) is 4.94. The average Bonchev–Trinajstić information content (AvgIpc) is 2.50. The fraction of sp³-hybridized carbons (Fsp3) is 0.438. The maximum Gasteiger partial charge on any atom is 0.330 e. The Morgan fingerprint density at radius 2 is 2.25 bits per heavy atom. The predicted molar refractivity (Wildman–Crippen MR) is 75.8 cm³/mol. The Hall–Kier alpha value is -1.81. The first-order valence-corrected chi connectivity index (χ1v) is 6.76. The van der Waals surface area contributed by atoms with E-state index < -0.39 is 12.1 Å². The van der Waals surface area contributed by atoms with Crippen LogP contribution in [0.2, 0.25) is 0 Å². The quantitative estimate of drug-likeness (QED) is 0.676. The van der Waals surface area contributed by atoms with Crippen LogP contribution in [0.1, 0.15) is 29.9 Å². The molecule has 1 aromatic carbocycles. The molecule has 0 aliphatic heterocycles. The summed E-state index contributed by atoms with van der Waals surface area (Å²) in [4.78, 5) is 11.1. The zero-order valence-corrected chi connectivity index (χ0v) is 11.8. The van der Waals surface area contributed by atoms with E-state index in [1.165, 1.54) is 24.8 Å². The van der Waals surface area contributed by atoms with Crippen molar-refractivity contribution in [3.63, 3.8) is 0 Å². The van der Waals surface area contributed by atoms with Crippen molar-refractivity contribution in [2.45, 2.75) is 31.3 Å². The molecular formula is C16H20O4. The minimum Gasteiger partial charge on any atom is -0.497 e. The summed E-state index contributed by atoms with van der Waals surface area (Å²) in [5.74, 6) is 0.407. The lowest BCUT2D eigenvalue weighted by molar-refractivity contribution is -0.134. The summed E-state index contributed by atoms with van der Waals surface area (Å²) in [6.07, 6.45) is 5.04. The Bertz CT molecular complexity index is 507. The molecular weight excluding hydrogens is 256 g/mol. The molecule has 4 heteroatoms. The number of methoxy groups -OCH3 is 2. The number of ether oxygens (including phenoxy) is 2. The van der Waals surface area contributed by atoms with Crippen LogP contribution in [0.3, 0.4) is 0 Å². The molecule has 108 valence electrons. The zero-order valence-electron chi connectivity index (χ0n) is 11.8. The number of hydrogen-bond donors (Lipinski definition) is 1. The van der Waals surface area contributed by atoms with Gasteiger partial charge in [-0.15, -0.1) is 0 Å². The molecule has 1 N–H and O–H groups in total. The third kappa shape index (κ3) is 3.20. The summed E-state index contributed by atoms with van der Waals surface area (Å²) < 4.78 is 9.77. The van der Waals surface area contributed by atoms with Gasteiger partial charge in [-0.3, -0.25) is 0 Å². The molecule has 20 heavy (non-hydrogen) atoms. The predicted octanol–water partition coefficient (Wildman–Crippen LogP) is 2.21. The number of rotatable bonds is 4. The number of aliphatic hydroxyl groups excluding tert-OH is 1. The minimum atomic E-state index is -0.679. The fourth-order valence-corrected chi connectivity index (χ4v) is 2.69. The van der Waals surface area contributed by atoms with Crippen LogP contribution in [0, 0.1) is 0 Å². The number of aryl methyl sites for hydroxylation is 1. The summed E-state index contributed by atoms with van der Waals surface area (Å²) in [5, 5.41) is 10.3. The lowest BCUT2D eigenvalue weighted by atomic mass is 9.79. The Labute approximate surface area is 119 Å². The van der Waals surface area contributed by atoms with Crippen molar-refractivity contribution in [1.82, 2.24) is 0 Å². The van der Waals surface area contributed by atoms with Crippen LogP contribution in [-0.2, 0) is 16.0 Å². The van der Waals surface area contributed by atoms with Gasteiger partial charge in [-0.05, 0) is 48.6 Å². The lowest BCUT2D eigenvalue weighted by Crippen LogP contribution is -2.21. The molecule has 0 aromatic heterocycles. The van der Waals surface area contributed by atoms with Crippen molar-refractivity contribution in [2.75, 3.05) is 14.2 Å². The Kier molecular flexibility index (Phi) is 4.79. The molecule has 0 heterocycles. The summed E-state index contributed by atoms with van der Waals surface area (Å²) in [7, 11) is 2.97. The van der Waals surface area contributed by atoms with Crippen LogP contribution in [0.4, 0.5) is 0 Å². The Balaban J connectivity index is 2.19. The van der Waals surface area contributed by atoms with Crippen LogP contribution in [0.15, 0.2) is 30.4 Å². The summed E-state index contributed by atoms with van der Waals surface area (Å²) in [5.41, 5.74) is 2.35. The molecule has 0 saturated heterocycles. The number of carbonyl (C=O) groups is 1. The van der Waals surface area contributed by atoms with E-state index in [-0.39, 0.29) is 5.92 Å². The van der Waals surface area contributed by atoms with E-state index in [2.05, 4.69) is 4.74 Å². The van der Waals surface area contributed by atoms with Gasteiger partial charge < -0.3 is 14.6 Å². The van der Waals surface area contributed by atoms with Gasteiger partial charge in [-0.25, -0.2) is 4.79 Å². The van der Waals surface area contributed by atoms with E-state index in [0.29, 0.717) is 0 Å². The summed E-state index contributed by atoms with van der Waals surface area (Å²) in [6.45, 7) is 0. The first-order chi connectivity index (χ1) is 9.65. The number of aliphatic hydroxyl groups is 1. The van der Waals surface area contributed by atoms with Gasteiger partial charge in [0.2, 0.25) is 0 Å². The second-order valence-electron chi connectivity index (χ2n) is 4.94. The number of fused-ring (bicyclic) bond motifs is 1. The maximum absolute atomic E-state index is 11.1. The van der Waals surface area contributed by atoms with Crippen LogP contribution in [0.25, 0.3) is 0 Å². The molecule has 1 aliphatic carbocycles. The van der Waals surface area contributed by atoms with E-state index in [4.69, 9.17) is 4.74 Å². The smallest absolute Gasteiger partial charge is 0.330 e. The molecule has 0 bridgehead atoms. The highest BCUT2D eigenvalue weighted by Crippen LogP contribution is 2.36. The summed E-state index contributed by atoms with van der Waals surface area (Å²) >= 11 is 0. The van der Waals surface area contributed by atoms with Crippen LogP contribution in [0.5, 0.6) is 5.75 Å². The van der Waals surface area contributed by atoms with Crippen molar-refractivity contribution >= 4 is 5.97 Å². The molecule has 4 nitrogen and oxygen atoms in total. The van der Waals surface area contributed by atoms with Crippen LogP contribution >= 0.6 is 0 Å². The minimum absolute atomic E-state index is 0.0190. The van der Waals surface area contributed by atoms with Gasteiger partial charge in [0.05, 0.1) is 20.3 Å². The van der Waals surface area contributed by atoms with E-state index >= 15 is 0 Å². The van der Waals surface area contributed by atoms with Crippen molar-refractivity contribution in [3.05, 3.63) is 41.5 Å². The SMILES string of the molecule is COC(=O)/C=C/C(O)C1CCCc2cc(OC)ccc21. The largest absolute Gasteiger partial charge is 0.497 e. The second kappa shape index (κ2) is 6.57. The molecule has 1 aliphatic rings. The topological polar surface area (TPSA) is 55.8 Å². The van der Waals surface area contributed by atoms with Gasteiger partial charge in [0.15, 0.2) is 0 Å². The van der Waals surface area contributed by atoms with Crippen molar-refractivity contribution < 1.29 is 19.4 Å². The summed E-state index contributed by atoms with van der Waals surface area (Å²) in [6, 6.07) is 5.94. The van der Waals surface area contributed by atoms with E-state index in [1.807, 2.05) is 18.2 Å². The molecule has 2 atom stereocenters. The average molecular weight is 276 g/mol. The number of hydrogen-bond acceptors (Lipinski definition) is 4. The third-order valence-electron chi connectivity index (χ3n) is 3.75. The molecule has 2 unspecified atom stereocenters. The molecule has 0 amide bonds. The fourth-order valence-electron chi connectivity index (χ4n) is 2.69. The van der Waals surface area contributed by atoms with Crippen LogP contribution in [-0.4, -0.2) is 31.4 Å². The molecule has 0 fully saturated rings. The van der Waals surface area contributed by atoms with Gasteiger partial charge in [0.1, 0.15) is 5.75 Å². The van der Waals surface area contributed by atoms with Gasteiger partial charge >= 0.3 is 5.97 Å². The van der Waals surface area contributed by atoms with Crippen molar-refractivity contribution in [1.29, 1.82) is 0 Å². The lowest BCUT2D eigenvalue weighted by Gasteiger charge is -2.28. The number of esters is 1. The first kappa shape index (κ1) is 14.6. The van der Waals surface area contributed by atoms with Crippen molar-refractivity contribution in [2.24, 2.45) is 0 Å². The highest BCUT2D eigenvalue weighted by atomic mass is 16.5. The standard InChI is InChI=1S/C16H20O4/c1-19-12-6-7-13-11(10-12)4-3-5-14(13)15(17)8-9-16(18)20-2/h6-10,14-15,17H,3-5H2,1-2H3/b9-8+. The maximum atomic E-state index is 11.1. The van der Waals surface area contributed by atoms with Gasteiger partial charge in [0.25, 0.3) is 0 Å². The normalized spacial score (nSPS) is 19.4. The van der Waals surface area contributed by atoms with E-state index in [9.17, 15) is 9.90 Å². The molecule has 0 spiro atoms. The Morgan fingerprint density at radius 1 is 1.45 bits per heavy atom. The molecule has 1 aromatic rings. The monoisotopic (exact) mass is 276 g/mol. The molecule has 2 rings (SSSR count). The van der Waals surface area contributed by atoms with E-state index in [1.54, 1.807) is 7.11 Å². The van der Waals surface area contributed by atoms with Crippen LogP contribution < -0.4 is 4.74 Å². The third-order valence-corrected chi connectivity index (χ3v) is 3.75.